The minimum Gasteiger partial charge on any atom is -0.315 e. The fourth-order valence-electron chi connectivity index (χ4n) is 2.11. The summed E-state index contributed by atoms with van der Waals surface area (Å²) >= 11 is 0. The molecule has 100 valence electrons. The summed E-state index contributed by atoms with van der Waals surface area (Å²) in [6.07, 6.45) is 1.55. The highest BCUT2D eigenvalue weighted by molar-refractivity contribution is 5.95. The molecule has 0 N–H and O–H groups in total. The van der Waals surface area contributed by atoms with Gasteiger partial charge in [-0.1, -0.05) is 44.2 Å². The lowest BCUT2D eigenvalue weighted by atomic mass is 10.1. The molecule has 2 aromatic carbocycles. The van der Waals surface area contributed by atoms with Crippen molar-refractivity contribution in [2.75, 3.05) is 11.9 Å². The Labute approximate surface area is 115 Å². The van der Waals surface area contributed by atoms with Crippen LogP contribution in [0, 0.1) is 5.92 Å². The Morgan fingerprint density at radius 1 is 1.11 bits per heavy atom. The van der Waals surface area contributed by atoms with E-state index in [0.717, 1.165) is 12.1 Å². The summed E-state index contributed by atoms with van der Waals surface area (Å²) in [6, 6.07) is 14.4. The molecule has 0 atom stereocenters. The molecule has 0 spiro atoms. The molecule has 0 saturated carbocycles. The van der Waals surface area contributed by atoms with Crippen molar-refractivity contribution < 1.29 is 4.79 Å². The van der Waals surface area contributed by atoms with Crippen molar-refractivity contribution in [2.24, 2.45) is 5.92 Å². The molecule has 0 aromatic heterocycles. The summed E-state index contributed by atoms with van der Waals surface area (Å²) in [5.41, 5.74) is 0.965. The smallest absolute Gasteiger partial charge is 0.226 e. The van der Waals surface area contributed by atoms with Gasteiger partial charge in [0.1, 0.15) is 0 Å². The van der Waals surface area contributed by atoms with Crippen LogP contribution >= 0.6 is 0 Å². The van der Waals surface area contributed by atoms with E-state index in [1.807, 2.05) is 25.2 Å². The lowest BCUT2D eigenvalue weighted by Gasteiger charge is -2.18. The number of benzene rings is 2. The van der Waals surface area contributed by atoms with Crippen LogP contribution in [0.2, 0.25) is 0 Å². The molecule has 2 heteroatoms. The number of carbonyl (C=O) groups excluding carboxylic acids is 1. The number of nitrogens with zero attached hydrogens (tertiary/aromatic N) is 1. The highest BCUT2D eigenvalue weighted by Crippen LogP contribution is 2.22. The number of hydrogen-bond donors (Lipinski definition) is 0. The zero-order chi connectivity index (χ0) is 13.8. The normalized spacial score (nSPS) is 10.9. The molecule has 0 saturated heterocycles. The molecule has 0 fully saturated rings. The molecular formula is C17H21NO. The van der Waals surface area contributed by atoms with Gasteiger partial charge in [0.25, 0.3) is 0 Å². The monoisotopic (exact) mass is 255 g/mol. The van der Waals surface area contributed by atoms with Gasteiger partial charge in [-0.15, -0.1) is 0 Å². The van der Waals surface area contributed by atoms with Crippen molar-refractivity contribution in [2.45, 2.75) is 26.7 Å². The number of hydrogen-bond acceptors (Lipinski definition) is 1. The Bertz CT molecular complexity index is 574. The first-order valence-corrected chi connectivity index (χ1v) is 6.83. The zero-order valence-corrected chi connectivity index (χ0v) is 11.9. The molecule has 0 radical (unpaired) electrons. The van der Waals surface area contributed by atoms with E-state index in [4.69, 9.17) is 0 Å². The second-order valence-electron chi connectivity index (χ2n) is 5.42. The van der Waals surface area contributed by atoms with Gasteiger partial charge in [0.05, 0.1) is 0 Å². The molecule has 19 heavy (non-hydrogen) atoms. The maximum absolute atomic E-state index is 12.1. The number of anilines is 1. The van der Waals surface area contributed by atoms with Gasteiger partial charge in [0.2, 0.25) is 5.91 Å². The second-order valence-corrected chi connectivity index (χ2v) is 5.42. The Balaban J connectivity index is 2.16. The predicted molar refractivity (Wildman–Crippen MR) is 81.4 cm³/mol. The third-order valence-corrected chi connectivity index (χ3v) is 3.43. The lowest BCUT2D eigenvalue weighted by molar-refractivity contribution is -0.118. The van der Waals surface area contributed by atoms with Crippen molar-refractivity contribution in [1.29, 1.82) is 0 Å². The molecule has 1 amide bonds. The Morgan fingerprint density at radius 2 is 1.79 bits per heavy atom. The van der Waals surface area contributed by atoms with Crippen molar-refractivity contribution in [1.82, 2.24) is 0 Å². The summed E-state index contributed by atoms with van der Waals surface area (Å²) in [5.74, 6) is 0.748. The standard InChI is InChI=1S/C17H21NO/c1-13(2)8-11-17(19)18(3)16-10-9-14-6-4-5-7-15(14)12-16/h4-7,9-10,12-13H,8,11H2,1-3H3. The van der Waals surface area contributed by atoms with Gasteiger partial charge in [-0.2, -0.15) is 0 Å². The van der Waals surface area contributed by atoms with E-state index in [2.05, 4.69) is 38.1 Å². The first-order chi connectivity index (χ1) is 9.08. The van der Waals surface area contributed by atoms with E-state index < -0.39 is 0 Å². The van der Waals surface area contributed by atoms with Crippen molar-refractivity contribution in [3.8, 4) is 0 Å². The quantitative estimate of drug-likeness (QED) is 0.800. The topological polar surface area (TPSA) is 20.3 Å². The molecule has 0 aliphatic rings. The van der Waals surface area contributed by atoms with Crippen LogP contribution in [0.4, 0.5) is 5.69 Å². The van der Waals surface area contributed by atoms with Crippen LogP contribution < -0.4 is 4.90 Å². The minimum absolute atomic E-state index is 0.184. The molecule has 2 nitrogen and oxygen atoms in total. The summed E-state index contributed by atoms with van der Waals surface area (Å²) in [4.78, 5) is 13.9. The summed E-state index contributed by atoms with van der Waals surface area (Å²) < 4.78 is 0. The van der Waals surface area contributed by atoms with Gasteiger partial charge in [0, 0.05) is 19.2 Å². The molecule has 0 unspecified atom stereocenters. The molecule has 2 aromatic rings. The predicted octanol–water partition coefficient (Wildman–Crippen LogP) is 4.24. The van der Waals surface area contributed by atoms with E-state index >= 15 is 0 Å². The molecule has 2 rings (SSSR count). The van der Waals surface area contributed by atoms with Crippen LogP contribution in [0.5, 0.6) is 0 Å². The van der Waals surface area contributed by atoms with Crippen molar-refractivity contribution >= 4 is 22.4 Å². The SMILES string of the molecule is CC(C)CCC(=O)N(C)c1ccc2ccccc2c1. The average Bonchev–Trinajstić information content (AvgIpc) is 2.43. The van der Waals surface area contributed by atoms with E-state index in [1.165, 1.54) is 10.8 Å². The summed E-state index contributed by atoms with van der Waals surface area (Å²) in [7, 11) is 1.85. The van der Waals surface area contributed by atoms with Gasteiger partial charge in [-0.05, 0) is 35.2 Å². The van der Waals surface area contributed by atoms with Crippen LogP contribution in [0.15, 0.2) is 42.5 Å². The molecule has 0 aliphatic carbocycles. The van der Waals surface area contributed by atoms with E-state index in [-0.39, 0.29) is 5.91 Å². The first kappa shape index (κ1) is 13.6. The van der Waals surface area contributed by atoms with Crippen molar-refractivity contribution in [3.63, 3.8) is 0 Å². The maximum Gasteiger partial charge on any atom is 0.226 e. The molecule has 0 heterocycles. The summed E-state index contributed by atoms with van der Waals surface area (Å²) in [5, 5.41) is 2.37. The van der Waals surface area contributed by atoms with Gasteiger partial charge in [-0.25, -0.2) is 0 Å². The van der Waals surface area contributed by atoms with Crippen LogP contribution in [-0.2, 0) is 4.79 Å². The van der Waals surface area contributed by atoms with Gasteiger partial charge < -0.3 is 4.90 Å². The highest BCUT2D eigenvalue weighted by Gasteiger charge is 2.11. The fourth-order valence-corrected chi connectivity index (χ4v) is 2.11. The largest absolute Gasteiger partial charge is 0.315 e. The zero-order valence-electron chi connectivity index (χ0n) is 11.9. The summed E-state index contributed by atoms with van der Waals surface area (Å²) in [6.45, 7) is 4.28. The van der Waals surface area contributed by atoms with Crippen LogP contribution in [0.1, 0.15) is 26.7 Å². The highest BCUT2D eigenvalue weighted by atomic mass is 16.2. The Morgan fingerprint density at radius 3 is 2.47 bits per heavy atom. The number of amides is 1. The maximum atomic E-state index is 12.1. The van der Waals surface area contributed by atoms with E-state index in [9.17, 15) is 4.79 Å². The van der Waals surface area contributed by atoms with Crippen LogP contribution in [0.25, 0.3) is 10.8 Å². The number of carbonyl (C=O) groups is 1. The number of rotatable bonds is 4. The van der Waals surface area contributed by atoms with Crippen LogP contribution in [-0.4, -0.2) is 13.0 Å². The van der Waals surface area contributed by atoms with Gasteiger partial charge in [0.15, 0.2) is 0 Å². The third-order valence-electron chi connectivity index (χ3n) is 3.43. The van der Waals surface area contributed by atoms with Gasteiger partial charge in [-0.3, -0.25) is 4.79 Å². The third kappa shape index (κ3) is 3.34. The minimum atomic E-state index is 0.184. The van der Waals surface area contributed by atoms with E-state index in [0.29, 0.717) is 12.3 Å². The first-order valence-electron chi connectivity index (χ1n) is 6.83. The van der Waals surface area contributed by atoms with Crippen LogP contribution in [0.3, 0.4) is 0 Å². The Hall–Kier alpha value is -1.83. The average molecular weight is 255 g/mol. The van der Waals surface area contributed by atoms with Crippen molar-refractivity contribution in [3.05, 3.63) is 42.5 Å². The second kappa shape index (κ2) is 5.87. The lowest BCUT2D eigenvalue weighted by Crippen LogP contribution is -2.26. The molecule has 0 bridgehead atoms. The number of fused-ring (bicyclic) bond motifs is 1. The fraction of sp³-hybridized carbons (Fsp3) is 0.353. The van der Waals surface area contributed by atoms with Gasteiger partial charge >= 0.3 is 0 Å². The van der Waals surface area contributed by atoms with E-state index in [1.54, 1.807) is 4.90 Å². The molecular weight excluding hydrogens is 234 g/mol. The Kier molecular flexibility index (Phi) is 4.20. The molecule has 0 aliphatic heterocycles.